The zero-order chi connectivity index (χ0) is 19.0. The molecule has 1 aromatic rings. The maximum Gasteiger partial charge on any atom is 0.432 e. The van der Waals surface area contributed by atoms with Crippen molar-refractivity contribution < 1.29 is 44.5 Å². The van der Waals surface area contributed by atoms with Crippen LogP contribution in [0.2, 0.25) is 0 Å². The number of fused-ring (bicyclic) bond motifs is 1. The maximum atomic E-state index is 13.4. The number of aryl methyl sites for hydroxylation is 1. The number of carbonyl (C=O) groups is 1. The van der Waals surface area contributed by atoms with Crippen LogP contribution in [0.15, 0.2) is 29.8 Å². The van der Waals surface area contributed by atoms with E-state index in [-0.39, 0.29) is 18.4 Å². The van der Waals surface area contributed by atoms with Crippen LogP contribution >= 0.6 is 0 Å². The average molecular weight is 386 g/mol. The molecule has 11 heteroatoms. The van der Waals surface area contributed by atoms with E-state index in [1.54, 1.807) is 24.3 Å². The molecule has 1 atom stereocenters. The Labute approximate surface area is 138 Å². The summed E-state index contributed by atoms with van der Waals surface area (Å²) in [5, 5.41) is -5.74. The largest absolute Gasteiger partial charge is 0.441 e. The highest BCUT2D eigenvalue weighted by molar-refractivity contribution is 7.86. The quantitative estimate of drug-likeness (QED) is 0.489. The Balaban J connectivity index is 2.32. The molecule has 0 bridgehead atoms. The lowest BCUT2D eigenvalue weighted by Gasteiger charge is -2.27. The Bertz CT molecular complexity index is 813. The molecular weight excluding hydrogens is 375 g/mol. The van der Waals surface area contributed by atoms with Crippen LogP contribution in [0.5, 0.6) is 0 Å². The van der Waals surface area contributed by atoms with E-state index < -0.39 is 33.6 Å². The van der Waals surface area contributed by atoms with E-state index in [4.69, 9.17) is 4.55 Å². The molecule has 25 heavy (non-hydrogen) atoms. The molecule has 2 rings (SSSR count). The Morgan fingerprint density at radius 2 is 1.72 bits per heavy atom. The van der Waals surface area contributed by atoms with Crippen molar-refractivity contribution in [3.05, 3.63) is 41.0 Å². The second-order valence-corrected chi connectivity index (χ2v) is 6.73. The first kappa shape index (κ1) is 19.3. The van der Waals surface area contributed by atoms with Crippen molar-refractivity contribution in [1.82, 2.24) is 0 Å². The Morgan fingerprint density at radius 1 is 1.12 bits per heavy atom. The second kappa shape index (κ2) is 6.37. The van der Waals surface area contributed by atoms with Gasteiger partial charge in [0.1, 0.15) is 0 Å². The summed E-state index contributed by atoms with van der Waals surface area (Å²) in [4.78, 5) is 11.8. The third-order valence-corrected chi connectivity index (χ3v) is 4.38. The lowest BCUT2D eigenvalue weighted by atomic mass is 9.92. The molecule has 0 radical (unpaired) electrons. The number of hydrogen-bond acceptors (Lipinski definition) is 4. The number of benzene rings is 1. The predicted octanol–water partition coefficient (Wildman–Crippen LogP) is 2.97. The van der Waals surface area contributed by atoms with Crippen LogP contribution in [0.4, 0.5) is 22.0 Å². The summed E-state index contributed by atoms with van der Waals surface area (Å²) in [5.41, 5.74) is 0.986. The van der Waals surface area contributed by atoms with Gasteiger partial charge in [0.2, 0.25) is 0 Å². The minimum atomic E-state index is -6.46. The third-order valence-electron chi connectivity index (χ3n) is 3.48. The number of esters is 1. The van der Waals surface area contributed by atoms with Gasteiger partial charge >= 0.3 is 27.5 Å². The van der Waals surface area contributed by atoms with Gasteiger partial charge in [0.05, 0.1) is 0 Å². The molecule has 5 nitrogen and oxygen atoms in total. The van der Waals surface area contributed by atoms with Crippen LogP contribution in [0.1, 0.15) is 17.5 Å². The normalized spacial score (nSPS) is 16.6. The van der Waals surface area contributed by atoms with Gasteiger partial charge in [-0.1, -0.05) is 24.3 Å². The standard InChI is InChI=1S/C14H11F5O5S/c15-13(16,17)12(14(18,19)25(21,22)23)24-11(20)10-6-5-8-3-1-2-4-9(8)7-10/h1-4,7,12H,5-6H2,(H,21,22,23). The molecule has 1 aliphatic carbocycles. The molecule has 0 aliphatic heterocycles. The SMILES string of the molecule is O=C(OC(C(F)(F)F)C(F)(F)S(=O)(=O)O)C1=Cc2ccccc2CC1. The lowest BCUT2D eigenvalue weighted by molar-refractivity contribution is -0.257. The molecule has 0 saturated heterocycles. The van der Waals surface area contributed by atoms with Crippen molar-refractivity contribution in [2.24, 2.45) is 0 Å². The van der Waals surface area contributed by atoms with Gasteiger partial charge in [0.25, 0.3) is 6.10 Å². The molecule has 0 fully saturated rings. The fourth-order valence-corrected chi connectivity index (χ4v) is 2.69. The number of ether oxygens (including phenoxy) is 1. The highest BCUT2D eigenvalue weighted by Crippen LogP contribution is 2.38. The first-order valence-corrected chi connectivity index (χ1v) is 8.19. The molecule has 0 spiro atoms. The second-order valence-electron chi connectivity index (χ2n) is 5.23. The van der Waals surface area contributed by atoms with E-state index in [2.05, 4.69) is 4.74 Å². The van der Waals surface area contributed by atoms with Gasteiger partial charge in [0, 0.05) is 5.57 Å². The molecule has 1 aliphatic rings. The molecule has 0 saturated carbocycles. The number of hydrogen-bond donors (Lipinski definition) is 1. The van der Waals surface area contributed by atoms with Crippen LogP contribution in [0.3, 0.4) is 0 Å². The van der Waals surface area contributed by atoms with Crippen LogP contribution in [-0.2, 0) is 26.1 Å². The number of alkyl halides is 5. The first-order valence-electron chi connectivity index (χ1n) is 6.75. The molecule has 0 amide bonds. The van der Waals surface area contributed by atoms with Crippen molar-refractivity contribution >= 4 is 22.2 Å². The number of rotatable bonds is 4. The summed E-state index contributed by atoms with van der Waals surface area (Å²) in [6.45, 7) is 0. The summed E-state index contributed by atoms with van der Waals surface area (Å²) in [6, 6.07) is 6.60. The van der Waals surface area contributed by atoms with Gasteiger partial charge < -0.3 is 4.74 Å². The lowest BCUT2D eigenvalue weighted by Crippen LogP contribution is -2.52. The Kier molecular flexibility index (Phi) is 4.92. The zero-order valence-electron chi connectivity index (χ0n) is 12.3. The van der Waals surface area contributed by atoms with E-state index in [0.29, 0.717) is 5.56 Å². The summed E-state index contributed by atoms with van der Waals surface area (Å²) in [5.74, 6) is -1.74. The minimum absolute atomic E-state index is 0.0716. The Morgan fingerprint density at radius 3 is 2.28 bits per heavy atom. The molecule has 1 unspecified atom stereocenters. The van der Waals surface area contributed by atoms with Crippen molar-refractivity contribution in [2.45, 2.75) is 30.4 Å². The summed E-state index contributed by atoms with van der Waals surface area (Å²) >= 11 is 0. The molecular formula is C14H11F5O5S. The number of carbonyl (C=O) groups excluding carboxylic acids is 1. The number of halogens is 5. The maximum absolute atomic E-state index is 13.4. The van der Waals surface area contributed by atoms with Gasteiger partial charge in [-0.3, -0.25) is 4.55 Å². The van der Waals surface area contributed by atoms with Crippen LogP contribution in [-0.4, -0.2) is 36.5 Å². The van der Waals surface area contributed by atoms with Gasteiger partial charge in [-0.15, -0.1) is 0 Å². The third kappa shape index (κ3) is 3.98. The summed E-state index contributed by atoms with van der Waals surface area (Å²) in [7, 11) is -6.46. The van der Waals surface area contributed by atoms with Gasteiger partial charge in [-0.2, -0.15) is 30.4 Å². The fraction of sp³-hybridized carbons (Fsp3) is 0.357. The van der Waals surface area contributed by atoms with Crippen molar-refractivity contribution in [2.75, 3.05) is 0 Å². The van der Waals surface area contributed by atoms with Crippen molar-refractivity contribution in [3.8, 4) is 0 Å². The average Bonchev–Trinajstić information content (AvgIpc) is 2.49. The zero-order valence-corrected chi connectivity index (χ0v) is 13.1. The van der Waals surface area contributed by atoms with Crippen LogP contribution in [0.25, 0.3) is 6.08 Å². The van der Waals surface area contributed by atoms with E-state index >= 15 is 0 Å². The molecule has 1 aromatic carbocycles. The minimum Gasteiger partial charge on any atom is -0.441 e. The molecule has 138 valence electrons. The smallest absolute Gasteiger partial charge is 0.432 e. The predicted molar refractivity (Wildman–Crippen MR) is 75.2 cm³/mol. The highest BCUT2D eigenvalue weighted by atomic mass is 32.2. The van der Waals surface area contributed by atoms with Gasteiger partial charge in [-0.25, -0.2) is 4.79 Å². The first-order chi connectivity index (χ1) is 11.3. The monoisotopic (exact) mass is 386 g/mol. The van der Waals surface area contributed by atoms with Gasteiger partial charge in [0.15, 0.2) is 0 Å². The van der Waals surface area contributed by atoms with E-state index in [9.17, 15) is 35.2 Å². The van der Waals surface area contributed by atoms with Crippen LogP contribution < -0.4 is 0 Å². The fourth-order valence-electron chi connectivity index (χ4n) is 2.24. The van der Waals surface area contributed by atoms with E-state index in [1.807, 2.05) is 0 Å². The molecule has 0 aromatic heterocycles. The summed E-state index contributed by atoms with van der Waals surface area (Å²) in [6.07, 6.45) is -8.87. The van der Waals surface area contributed by atoms with Crippen LogP contribution in [0, 0.1) is 0 Å². The highest BCUT2D eigenvalue weighted by Gasteiger charge is 2.66. The van der Waals surface area contributed by atoms with E-state index in [1.165, 1.54) is 6.08 Å². The molecule has 0 heterocycles. The van der Waals surface area contributed by atoms with Crippen molar-refractivity contribution in [3.63, 3.8) is 0 Å². The Hall–Kier alpha value is -2.01. The van der Waals surface area contributed by atoms with E-state index in [0.717, 1.165) is 5.56 Å². The topological polar surface area (TPSA) is 80.7 Å². The molecule has 1 N–H and O–H groups in total. The van der Waals surface area contributed by atoms with Gasteiger partial charge in [-0.05, 0) is 30.0 Å². The van der Waals surface area contributed by atoms with Crippen molar-refractivity contribution in [1.29, 1.82) is 0 Å². The summed E-state index contributed by atoms with van der Waals surface area (Å²) < 4.78 is 98.3.